The smallest absolute Gasteiger partial charge is 0.188 e. The van der Waals surface area contributed by atoms with Crippen LogP contribution in [0.1, 0.15) is 25.5 Å². The molecular formula is C13H19ClFN3O. The van der Waals surface area contributed by atoms with Crippen LogP contribution in [-0.2, 0) is 0 Å². The van der Waals surface area contributed by atoms with Crippen LogP contribution < -0.4 is 11.1 Å². The van der Waals surface area contributed by atoms with E-state index in [4.69, 9.17) is 17.3 Å². The molecule has 0 aromatic heterocycles. The van der Waals surface area contributed by atoms with Crippen LogP contribution in [0.4, 0.5) is 4.39 Å². The van der Waals surface area contributed by atoms with Crippen molar-refractivity contribution in [2.75, 3.05) is 13.1 Å². The van der Waals surface area contributed by atoms with Crippen LogP contribution in [0.2, 0.25) is 5.02 Å². The first-order valence-electron chi connectivity index (χ1n) is 6.07. The molecule has 0 radical (unpaired) electrons. The third-order valence-electron chi connectivity index (χ3n) is 2.43. The summed E-state index contributed by atoms with van der Waals surface area (Å²) in [6, 6.07) is 4.18. The summed E-state index contributed by atoms with van der Waals surface area (Å²) in [4.78, 5) is 4.10. The maximum Gasteiger partial charge on any atom is 0.188 e. The van der Waals surface area contributed by atoms with Gasteiger partial charge in [-0.05, 0) is 23.6 Å². The van der Waals surface area contributed by atoms with Crippen molar-refractivity contribution in [2.45, 2.75) is 20.0 Å². The summed E-state index contributed by atoms with van der Waals surface area (Å²) in [5.74, 6) is 0.123. The summed E-state index contributed by atoms with van der Waals surface area (Å²) in [6.45, 7) is 4.84. The van der Waals surface area contributed by atoms with Gasteiger partial charge >= 0.3 is 0 Å². The predicted molar refractivity (Wildman–Crippen MR) is 75.7 cm³/mol. The average Bonchev–Trinajstić information content (AvgIpc) is 2.36. The highest BCUT2D eigenvalue weighted by atomic mass is 35.5. The Kier molecular flexibility index (Phi) is 6.05. The van der Waals surface area contributed by atoms with E-state index in [0.29, 0.717) is 18.0 Å². The molecule has 4 nitrogen and oxygen atoms in total. The molecule has 106 valence electrons. The number of halogens is 2. The molecule has 0 aliphatic heterocycles. The van der Waals surface area contributed by atoms with Gasteiger partial charge in [-0.2, -0.15) is 0 Å². The Balaban J connectivity index is 2.53. The number of benzene rings is 1. The lowest BCUT2D eigenvalue weighted by Gasteiger charge is -2.13. The van der Waals surface area contributed by atoms with Gasteiger partial charge in [-0.15, -0.1) is 0 Å². The first-order valence-corrected chi connectivity index (χ1v) is 6.44. The fraction of sp³-hybridized carbons (Fsp3) is 0.462. The molecule has 1 atom stereocenters. The lowest BCUT2D eigenvalue weighted by molar-refractivity contribution is 0.180. The largest absolute Gasteiger partial charge is 0.387 e. The lowest BCUT2D eigenvalue weighted by atomic mass is 10.1. The molecule has 1 aromatic rings. The molecule has 0 aliphatic rings. The van der Waals surface area contributed by atoms with Gasteiger partial charge in [-0.1, -0.05) is 31.5 Å². The van der Waals surface area contributed by atoms with E-state index in [2.05, 4.69) is 10.3 Å². The number of nitrogens with zero attached hydrogens (tertiary/aromatic N) is 1. The topological polar surface area (TPSA) is 70.6 Å². The standard InChI is InChI=1S/C13H19ClFN3O/c1-8(2)6-17-13(16)18-7-12(19)9-3-4-10(14)11(15)5-9/h3-5,8,12,19H,6-7H2,1-2H3,(H3,16,17,18). The molecule has 6 heteroatoms. The van der Waals surface area contributed by atoms with Crippen LogP contribution >= 0.6 is 11.6 Å². The van der Waals surface area contributed by atoms with Crippen LogP contribution in [0.3, 0.4) is 0 Å². The van der Waals surface area contributed by atoms with Crippen molar-refractivity contribution in [3.8, 4) is 0 Å². The van der Waals surface area contributed by atoms with Crippen LogP contribution in [-0.4, -0.2) is 24.2 Å². The summed E-state index contributed by atoms with van der Waals surface area (Å²) in [5, 5.41) is 12.7. The van der Waals surface area contributed by atoms with Gasteiger partial charge in [-0.3, -0.25) is 4.99 Å². The van der Waals surface area contributed by atoms with Crippen molar-refractivity contribution >= 4 is 17.6 Å². The highest BCUT2D eigenvalue weighted by molar-refractivity contribution is 6.30. The molecule has 4 N–H and O–H groups in total. The van der Waals surface area contributed by atoms with Gasteiger partial charge in [0.15, 0.2) is 5.96 Å². The van der Waals surface area contributed by atoms with Gasteiger partial charge in [0, 0.05) is 13.1 Å². The van der Waals surface area contributed by atoms with Crippen molar-refractivity contribution in [1.29, 1.82) is 0 Å². The quantitative estimate of drug-likeness (QED) is 0.573. The number of aliphatic imine (C=N–C) groups is 1. The van der Waals surface area contributed by atoms with E-state index < -0.39 is 11.9 Å². The van der Waals surface area contributed by atoms with Gasteiger partial charge < -0.3 is 16.2 Å². The molecule has 1 rings (SSSR count). The number of nitrogens with two attached hydrogens (primary N) is 1. The highest BCUT2D eigenvalue weighted by Crippen LogP contribution is 2.19. The van der Waals surface area contributed by atoms with Gasteiger partial charge in [-0.25, -0.2) is 4.39 Å². The maximum atomic E-state index is 13.2. The fourth-order valence-electron chi connectivity index (χ4n) is 1.38. The average molecular weight is 288 g/mol. The Morgan fingerprint density at radius 1 is 1.53 bits per heavy atom. The molecule has 1 aromatic carbocycles. The number of guanidine groups is 1. The molecule has 19 heavy (non-hydrogen) atoms. The Bertz CT molecular complexity index is 452. The number of aliphatic hydroxyl groups excluding tert-OH is 1. The minimum atomic E-state index is -0.875. The summed E-state index contributed by atoms with van der Waals surface area (Å²) in [6.07, 6.45) is -0.875. The molecule has 0 fully saturated rings. The van der Waals surface area contributed by atoms with E-state index >= 15 is 0 Å². The van der Waals surface area contributed by atoms with E-state index in [1.165, 1.54) is 12.1 Å². The highest BCUT2D eigenvalue weighted by Gasteiger charge is 2.10. The van der Waals surface area contributed by atoms with E-state index in [9.17, 15) is 9.50 Å². The van der Waals surface area contributed by atoms with Crippen LogP contribution in [0.25, 0.3) is 0 Å². The van der Waals surface area contributed by atoms with Crippen molar-refractivity contribution in [3.63, 3.8) is 0 Å². The first kappa shape index (κ1) is 15.7. The van der Waals surface area contributed by atoms with Gasteiger partial charge in [0.1, 0.15) is 5.82 Å². The zero-order chi connectivity index (χ0) is 14.4. The fourth-order valence-corrected chi connectivity index (χ4v) is 1.49. The van der Waals surface area contributed by atoms with E-state index in [-0.39, 0.29) is 17.5 Å². The molecule has 1 unspecified atom stereocenters. The number of hydrogen-bond acceptors (Lipinski definition) is 2. The second-order valence-electron chi connectivity index (χ2n) is 4.69. The summed E-state index contributed by atoms with van der Waals surface area (Å²) >= 11 is 5.57. The number of hydrogen-bond donors (Lipinski definition) is 3. The van der Waals surface area contributed by atoms with Crippen LogP contribution in [0.15, 0.2) is 23.2 Å². The van der Waals surface area contributed by atoms with E-state index in [1.54, 1.807) is 6.07 Å². The molecule has 0 amide bonds. The number of nitrogens with one attached hydrogen (secondary N) is 1. The SMILES string of the molecule is CC(C)CN=C(N)NCC(O)c1ccc(Cl)c(F)c1. The first-order chi connectivity index (χ1) is 8.90. The Morgan fingerprint density at radius 3 is 2.79 bits per heavy atom. The van der Waals surface area contributed by atoms with Crippen LogP contribution in [0, 0.1) is 11.7 Å². The molecule has 0 bridgehead atoms. The monoisotopic (exact) mass is 287 g/mol. The van der Waals surface area contributed by atoms with Gasteiger partial charge in [0.05, 0.1) is 11.1 Å². The predicted octanol–water partition coefficient (Wildman–Crippen LogP) is 2.07. The summed E-state index contributed by atoms with van der Waals surface area (Å²) < 4.78 is 13.2. The Hall–Kier alpha value is -1.33. The second-order valence-corrected chi connectivity index (χ2v) is 5.10. The maximum absolute atomic E-state index is 13.2. The zero-order valence-electron chi connectivity index (χ0n) is 11.0. The van der Waals surface area contributed by atoms with E-state index in [1.807, 2.05) is 13.8 Å². The van der Waals surface area contributed by atoms with Crippen LogP contribution in [0.5, 0.6) is 0 Å². The minimum absolute atomic E-state index is 0.0296. The zero-order valence-corrected chi connectivity index (χ0v) is 11.8. The molecule has 0 aliphatic carbocycles. The lowest BCUT2D eigenvalue weighted by Crippen LogP contribution is -2.35. The molecule has 0 saturated heterocycles. The van der Waals surface area contributed by atoms with Crippen molar-refractivity contribution in [3.05, 3.63) is 34.6 Å². The third-order valence-corrected chi connectivity index (χ3v) is 2.74. The normalized spacial score (nSPS) is 13.7. The number of aliphatic hydroxyl groups is 1. The summed E-state index contributed by atoms with van der Waals surface area (Å²) in [7, 11) is 0. The van der Waals surface area contributed by atoms with Crippen molar-refractivity contribution in [2.24, 2.45) is 16.6 Å². The molecule has 0 saturated carbocycles. The van der Waals surface area contributed by atoms with Gasteiger partial charge in [0.25, 0.3) is 0 Å². The molecule has 0 heterocycles. The minimum Gasteiger partial charge on any atom is -0.387 e. The van der Waals surface area contributed by atoms with Crippen molar-refractivity contribution < 1.29 is 9.50 Å². The Morgan fingerprint density at radius 2 is 2.21 bits per heavy atom. The number of rotatable bonds is 5. The third kappa shape index (κ3) is 5.44. The Labute approximate surface area is 117 Å². The van der Waals surface area contributed by atoms with Gasteiger partial charge in [0.2, 0.25) is 0 Å². The molecular weight excluding hydrogens is 269 g/mol. The summed E-state index contributed by atoms with van der Waals surface area (Å²) in [5.41, 5.74) is 6.07. The van der Waals surface area contributed by atoms with E-state index in [0.717, 1.165) is 0 Å². The second kappa shape index (κ2) is 7.31. The molecule has 0 spiro atoms. The van der Waals surface area contributed by atoms with Crippen molar-refractivity contribution in [1.82, 2.24) is 5.32 Å².